The van der Waals surface area contributed by atoms with Crippen LogP contribution in [0.3, 0.4) is 0 Å². The molecule has 2 heteroatoms. The van der Waals surface area contributed by atoms with Crippen LogP contribution >= 0.6 is 0 Å². The van der Waals surface area contributed by atoms with Gasteiger partial charge in [-0.15, -0.1) is 0 Å². The van der Waals surface area contributed by atoms with Crippen LogP contribution in [0, 0.1) is 0 Å². The smallest absolute Gasteiger partial charge is 0.0726 e. The summed E-state index contributed by atoms with van der Waals surface area (Å²) in [7, 11) is 0. The average Bonchev–Trinajstić information content (AvgIpc) is 4.13. The molecule has 0 N–H and O–H groups in total. The van der Waals surface area contributed by atoms with Crippen LogP contribution in [-0.4, -0.2) is 0 Å². The lowest BCUT2D eigenvalue weighted by Crippen LogP contribution is -2.26. The summed E-state index contributed by atoms with van der Waals surface area (Å²) in [6, 6.07) is 116. The minimum atomic E-state index is -0.624. The Morgan fingerprint density at radius 3 is 0.924 bits per heavy atom. The molecule has 370 valence electrons. The molecule has 13 aromatic carbocycles. The normalized spacial score (nSPS) is 12.4. The molecule has 15 rings (SSSR count). The van der Waals surface area contributed by atoms with E-state index in [0.717, 1.165) is 56.4 Å². The van der Waals surface area contributed by atoms with Crippen LogP contribution in [0.1, 0.15) is 22.3 Å². The number of rotatable bonds is 10. The van der Waals surface area contributed by atoms with E-state index in [0.29, 0.717) is 0 Å². The summed E-state index contributed by atoms with van der Waals surface area (Å²) in [6.45, 7) is 0. The first-order chi connectivity index (χ1) is 39.2. The highest BCUT2D eigenvalue weighted by molar-refractivity contribution is 6.04. The molecule has 0 amide bonds. The van der Waals surface area contributed by atoms with Gasteiger partial charge in [0.15, 0.2) is 0 Å². The maximum Gasteiger partial charge on any atom is 0.0726 e. The minimum absolute atomic E-state index is 0.624. The highest BCUT2D eigenvalue weighted by Gasteiger charge is 2.52. The van der Waals surface area contributed by atoms with Crippen molar-refractivity contribution < 1.29 is 0 Å². The predicted octanol–water partition coefficient (Wildman–Crippen LogP) is 20.8. The zero-order chi connectivity index (χ0) is 52.3. The molecule has 0 aromatic heterocycles. The molecule has 0 atom stereocenters. The molecule has 0 bridgehead atoms. The number of anilines is 6. The first-order valence-corrected chi connectivity index (χ1v) is 27.3. The van der Waals surface area contributed by atoms with Crippen molar-refractivity contribution in [2.24, 2.45) is 0 Å². The lowest BCUT2D eigenvalue weighted by atomic mass is 9.70. The van der Waals surface area contributed by atoms with E-state index in [9.17, 15) is 0 Å². The summed E-state index contributed by atoms with van der Waals surface area (Å²) >= 11 is 0. The molecule has 0 heterocycles. The first kappa shape index (κ1) is 46.1. The third-order valence-electron chi connectivity index (χ3n) is 16.4. The van der Waals surface area contributed by atoms with Gasteiger partial charge in [0.2, 0.25) is 0 Å². The van der Waals surface area contributed by atoms with E-state index in [-0.39, 0.29) is 0 Å². The topological polar surface area (TPSA) is 6.48 Å². The van der Waals surface area contributed by atoms with Crippen LogP contribution < -0.4 is 9.80 Å². The second kappa shape index (κ2) is 19.1. The fourth-order valence-corrected chi connectivity index (χ4v) is 13.1. The Bertz CT molecular complexity index is 4220. The highest BCUT2D eigenvalue weighted by Crippen LogP contribution is 2.64. The molecule has 2 nitrogen and oxygen atoms in total. The van der Waals surface area contributed by atoms with Crippen molar-refractivity contribution >= 4 is 44.9 Å². The molecule has 2 aliphatic carbocycles. The van der Waals surface area contributed by atoms with Crippen molar-refractivity contribution in [1.82, 2.24) is 0 Å². The van der Waals surface area contributed by atoms with Gasteiger partial charge < -0.3 is 9.80 Å². The van der Waals surface area contributed by atoms with Crippen molar-refractivity contribution in [3.8, 4) is 66.8 Å². The number of hydrogen-bond acceptors (Lipinski definition) is 2. The van der Waals surface area contributed by atoms with E-state index in [1.807, 2.05) is 0 Å². The van der Waals surface area contributed by atoms with Gasteiger partial charge in [-0.05, 0) is 138 Å². The van der Waals surface area contributed by atoms with Gasteiger partial charge in [-0.25, -0.2) is 0 Å². The quantitative estimate of drug-likeness (QED) is 0.135. The van der Waals surface area contributed by atoms with Crippen LogP contribution in [0.15, 0.2) is 315 Å². The number of benzene rings is 13. The minimum Gasteiger partial charge on any atom is -0.309 e. The third kappa shape index (κ3) is 7.48. The molecule has 0 saturated heterocycles. The number of fused-ring (bicyclic) bond motifs is 11. The monoisotopic (exact) mass is 1000 g/mol. The van der Waals surface area contributed by atoms with Crippen LogP contribution in [0.25, 0.3) is 77.5 Å². The number of hydrogen-bond donors (Lipinski definition) is 0. The Hall–Kier alpha value is -10.3. The van der Waals surface area contributed by atoms with Gasteiger partial charge >= 0.3 is 0 Å². The molecule has 2 aliphatic rings. The molecule has 0 radical (unpaired) electrons. The van der Waals surface area contributed by atoms with Gasteiger partial charge in [-0.3, -0.25) is 0 Å². The van der Waals surface area contributed by atoms with Crippen molar-refractivity contribution in [3.05, 3.63) is 338 Å². The Morgan fingerprint density at radius 1 is 0.190 bits per heavy atom. The van der Waals surface area contributed by atoms with E-state index in [2.05, 4.69) is 325 Å². The summed E-state index contributed by atoms with van der Waals surface area (Å²) in [5.41, 5.74) is 25.6. The van der Waals surface area contributed by atoms with Gasteiger partial charge in [0.1, 0.15) is 0 Å². The Balaban J connectivity index is 0.981. The van der Waals surface area contributed by atoms with Gasteiger partial charge in [-0.2, -0.15) is 0 Å². The van der Waals surface area contributed by atoms with Crippen LogP contribution in [-0.2, 0) is 5.41 Å². The predicted molar refractivity (Wildman–Crippen MR) is 331 cm³/mol. The molecular formula is C77H52N2. The van der Waals surface area contributed by atoms with Crippen LogP contribution in [0.2, 0.25) is 0 Å². The molecule has 0 fully saturated rings. The molecule has 13 aromatic rings. The molecule has 0 saturated carbocycles. The van der Waals surface area contributed by atoms with Gasteiger partial charge in [-0.1, -0.05) is 255 Å². The van der Waals surface area contributed by atoms with Gasteiger partial charge in [0.05, 0.1) is 28.2 Å². The SMILES string of the molecule is c1ccc(-c2ccccc2N(c2ccc3c(c2)C2(c4ccccc4-c4ccccc42)c2cc4cc(N(c5ccccc5-c5ccccc5)c5ccccc5-c5ccccc5)ccc4cc2-3)c2ccccc2-c2ccccc2)cc1. The molecule has 1 spiro atoms. The maximum atomic E-state index is 2.53. The Kier molecular flexibility index (Phi) is 11.1. The van der Waals surface area contributed by atoms with Crippen LogP contribution in [0.5, 0.6) is 0 Å². The Labute approximate surface area is 462 Å². The largest absolute Gasteiger partial charge is 0.309 e. The van der Waals surface area contributed by atoms with Crippen LogP contribution in [0.4, 0.5) is 34.1 Å². The lowest BCUT2D eigenvalue weighted by Gasteiger charge is -2.33. The first-order valence-electron chi connectivity index (χ1n) is 27.3. The van der Waals surface area contributed by atoms with Crippen molar-refractivity contribution in [3.63, 3.8) is 0 Å². The van der Waals surface area contributed by atoms with E-state index >= 15 is 0 Å². The summed E-state index contributed by atoms with van der Waals surface area (Å²) in [4.78, 5) is 4.98. The Morgan fingerprint density at radius 2 is 0.506 bits per heavy atom. The summed E-state index contributed by atoms with van der Waals surface area (Å²) < 4.78 is 0. The standard InChI is InChI=1S/C77H52N2/c1-5-25-53(26-6-1)61-33-15-21-41-73(61)78(74-42-22-16-34-62(74)54-27-7-2-8-28-54)59-46-45-57-50-68-67-48-47-60(52-72(67)77(71(68)51-58(57)49-59)69-39-19-13-37-65(69)66-38-14-20-40-70(66)77)79(75-43-23-17-35-63(75)55-29-9-3-10-30-55)76-44-24-18-36-64(76)56-31-11-4-12-32-56/h1-52H. The van der Waals surface area contributed by atoms with Gasteiger partial charge in [0.25, 0.3) is 0 Å². The number of nitrogens with zero attached hydrogens (tertiary/aromatic N) is 2. The fraction of sp³-hybridized carbons (Fsp3) is 0.0130. The molecular weight excluding hydrogens is 953 g/mol. The summed E-state index contributed by atoms with van der Waals surface area (Å²) in [5.74, 6) is 0. The zero-order valence-electron chi connectivity index (χ0n) is 43.4. The second-order valence-corrected chi connectivity index (χ2v) is 20.7. The second-order valence-electron chi connectivity index (χ2n) is 20.7. The summed E-state index contributed by atoms with van der Waals surface area (Å²) in [5, 5.41) is 2.37. The molecule has 79 heavy (non-hydrogen) atoms. The lowest BCUT2D eigenvalue weighted by molar-refractivity contribution is 0.795. The average molecular weight is 1010 g/mol. The van der Waals surface area contributed by atoms with Crippen molar-refractivity contribution in [2.75, 3.05) is 9.80 Å². The van der Waals surface area contributed by atoms with E-state index in [1.165, 1.54) is 77.5 Å². The van der Waals surface area contributed by atoms with Gasteiger partial charge in [0, 0.05) is 33.6 Å². The van der Waals surface area contributed by atoms with Crippen molar-refractivity contribution in [2.45, 2.75) is 5.41 Å². The fourth-order valence-electron chi connectivity index (χ4n) is 13.1. The number of para-hydroxylation sites is 4. The third-order valence-corrected chi connectivity index (χ3v) is 16.4. The maximum absolute atomic E-state index is 2.53. The molecule has 0 aliphatic heterocycles. The molecule has 0 unspecified atom stereocenters. The van der Waals surface area contributed by atoms with E-state index < -0.39 is 5.41 Å². The van der Waals surface area contributed by atoms with E-state index in [4.69, 9.17) is 0 Å². The summed E-state index contributed by atoms with van der Waals surface area (Å²) in [6.07, 6.45) is 0. The highest BCUT2D eigenvalue weighted by atomic mass is 15.2. The van der Waals surface area contributed by atoms with Crippen molar-refractivity contribution in [1.29, 1.82) is 0 Å². The van der Waals surface area contributed by atoms with E-state index in [1.54, 1.807) is 0 Å². The zero-order valence-corrected chi connectivity index (χ0v) is 43.4.